The fourth-order valence-corrected chi connectivity index (χ4v) is 0.785. The number of carbonyl (C=O) groups is 2. The second-order valence-electron chi connectivity index (χ2n) is 2.19. The van der Waals surface area contributed by atoms with Crippen molar-refractivity contribution in [2.45, 2.75) is 0 Å². The normalized spacial score (nSPS) is 8.00. The van der Waals surface area contributed by atoms with Gasteiger partial charge in [0.1, 0.15) is 0 Å². The van der Waals surface area contributed by atoms with E-state index in [1.165, 1.54) is 18.2 Å². The first-order valence-corrected chi connectivity index (χ1v) is 3.18. The van der Waals surface area contributed by atoms with Crippen molar-refractivity contribution in [3.05, 3.63) is 35.4 Å². The number of carboxylic acid groups (broad SMARTS) is 2. The maximum atomic E-state index is 10.4. The van der Waals surface area contributed by atoms with Crippen LogP contribution in [0.25, 0.3) is 0 Å². The molecular formula is C8H7NaO5. The summed E-state index contributed by atoms with van der Waals surface area (Å²) in [6, 6.07) is 5.20. The first-order valence-electron chi connectivity index (χ1n) is 3.18. The van der Waals surface area contributed by atoms with E-state index < -0.39 is 11.9 Å². The number of hydrogen-bond acceptors (Lipinski definition) is 3. The minimum absolute atomic E-state index is 0. The second-order valence-corrected chi connectivity index (χ2v) is 2.19. The Hall–Kier alpha value is -0.880. The molecule has 0 saturated heterocycles. The smallest absolute Gasteiger partial charge is 0.870 e. The molecule has 0 spiro atoms. The SMILES string of the molecule is O=C(O)c1cccc(C(=O)O)c1.[Na+].[OH-]. The number of carboxylic acids is 2. The van der Waals surface area contributed by atoms with Gasteiger partial charge in [-0.3, -0.25) is 0 Å². The van der Waals surface area contributed by atoms with Gasteiger partial charge in [-0.05, 0) is 18.2 Å². The Morgan fingerprint density at radius 3 is 1.64 bits per heavy atom. The fourth-order valence-electron chi connectivity index (χ4n) is 0.785. The molecular weight excluding hydrogens is 199 g/mol. The van der Waals surface area contributed by atoms with E-state index in [1.807, 2.05) is 0 Å². The molecule has 1 aromatic rings. The van der Waals surface area contributed by atoms with E-state index in [2.05, 4.69) is 0 Å². The summed E-state index contributed by atoms with van der Waals surface area (Å²) in [6.07, 6.45) is 0. The maximum absolute atomic E-state index is 10.4. The van der Waals surface area contributed by atoms with Crippen LogP contribution in [0, 0.1) is 0 Å². The van der Waals surface area contributed by atoms with Crippen molar-refractivity contribution in [2.24, 2.45) is 0 Å². The Morgan fingerprint density at radius 1 is 1.00 bits per heavy atom. The van der Waals surface area contributed by atoms with Gasteiger partial charge in [0.05, 0.1) is 11.1 Å². The minimum Gasteiger partial charge on any atom is -0.870 e. The summed E-state index contributed by atoms with van der Waals surface area (Å²) in [5.41, 5.74) is -0.0372. The van der Waals surface area contributed by atoms with Gasteiger partial charge in [0.15, 0.2) is 0 Å². The van der Waals surface area contributed by atoms with Gasteiger partial charge in [-0.25, -0.2) is 9.59 Å². The molecule has 0 radical (unpaired) electrons. The first kappa shape index (κ1) is 15.6. The van der Waals surface area contributed by atoms with Crippen LogP contribution in [0.1, 0.15) is 20.7 Å². The number of hydrogen-bond donors (Lipinski definition) is 2. The quantitative estimate of drug-likeness (QED) is 0.540. The monoisotopic (exact) mass is 206 g/mol. The van der Waals surface area contributed by atoms with Crippen LogP contribution in [0.5, 0.6) is 0 Å². The van der Waals surface area contributed by atoms with Crippen molar-refractivity contribution in [3.8, 4) is 0 Å². The van der Waals surface area contributed by atoms with Gasteiger partial charge in [0.2, 0.25) is 0 Å². The van der Waals surface area contributed by atoms with Crippen molar-refractivity contribution in [2.75, 3.05) is 0 Å². The van der Waals surface area contributed by atoms with Crippen LogP contribution in [0.4, 0.5) is 0 Å². The molecule has 6 heteroatoms. The van der Waals surface area contributed by atoms with Gasteiger partial charge in [0.25, 0.3) is 0 Å². The third-order valence-electron chi connectivity index (χ3n) is 1.36. The van der Waals surface area contributed by atoms with E-state index in [0.717, 1.165) is 6.07 Å². The van der Waals surface area contributed by atoms with E-state index in [4.69, 9.17) is 10.2 Å². The predicted octanol–water partition coefficient (Wildman–Crippen LogP) is -2.09. The molecule has 0 bridgehead atoms. The molecule has 0 saturated carbocycles. The Morgan fingerprint density at radius 2 is 1.36 bits per heavy atom. The first-order chi connectivity index (χ1) is 5.61. The Labute approximate surface area is 102 Å². The zero-order valence-corrected chi connectivity index (χ0v) is 9.47. The van der Waals surface area contributed by atoms with E-state index in [1.54, 1.807) is 0 Å². The van der Waals surface area contributed by atoms with Gasteiger partial charge in [0, 0.05) is 0 Å². The van der Waals surface area contributed by atoms with Crippen LogP contribution in [0.2, 0.25) is 0 Å². The summed E-state index contributed by atoms with van der Waals surface area (Å²) in [5.74, 6) is -2.25. The Bertz CT molecular complexity index is 307. The third kappa shape index (κ3) is 3.89. The third-order valence-corrected chi connectivity index (χ3v) is 1.36. The summed E-state index contributed by atoms with van der Waals surface area (Å²) in [6.45, 7) is 0. The summed E-state index contributed by atoms with van der Waals surface area (Å²) in [5, 5.41) is 17.0. The van der Waals surface area contributed by atoms with Crippen molar-refractivity contribution in [1.29, 1.82) is 0 Å². The Kier molecular flexibility index (Phi) is 7.30. The summed E-state index contributed by atoms with van der Waals surface area (Å²) in [7, 11) is 0. The zero-order valence-electron chi connectivity index (χ0n) is 7.47. The molecule has 0 heterocycles. The average Bonchev–Trinajstić information content (AvgIpc) is 2.04. The summed E-state index contributed by atoms with van der Waals surface area (Å²) in [4.78, 5) is 20.8. The zero-order chi connectivity index (χ0) is 9.14. The molecule has 0 aromatic heterocycles. The molecule has 1 aromatic carbocycles. The topological polar surface area (TPSA) is 105 Å². The molecule has 3 N–H and O–H groups in total. The van der Waals surface area contributed by atoms with Gasteiger partial charge >= 0.3 is 41.5 Å². The van der Waals surface area contributed by atoms with Crippen LogP contribution in [-0.4, -0.2) is 27.6 Å². The second kappa shape index (κ2) is 6.56. The van der Waals surface area contributed by atoms with Crippen molar-refractivity contribution in [3.63, 3.8) is 0 Å². The number of aromatic carboxylic acids is 2. The van der Waals surface area contributed by atoms with E-state index in [-0.39, 0.29) is 46.2 Å². The molecule has 5 nitrogen and oxygen atoms in total. The van der Waals surface area contributed by atoms with Crippen molar-refractivity contribution < 1.29 is 54.8 Å². The Balaban J connectivity index is 0. The molecule has 1 rings (SSSR count). The summed E-state index contributed by atoms with van der Waals surface area (Å²) < 4.78 is 0. The number of rotatable bonds is 2. The van der Waals surface area contributed by atoms with Crippen LogP contribution >= 0.6 is 0 Å². The average molecular weight is 206 g/mol. The van der Waals surface area contributed by atoms with E-state index in [9.17, 15) is 9.59 Å². The molecule has 14 heavy (non-hydrogen) atoms. The maximum Gasteiger partial charge on any atom is 1.00 e. The van der Waals surface area contributed by atoms with Gasteiger partial charge in [-0.15, -0.1) is 0 Å². The molecule has 0 aliphatic heterocycles. The predicted molar refractivity (Wildman–Crippen MR) is 42.3 cm³/mol. The van der Waals surface area contributed by atoms with Crippen molar-refractivity contribution >= 4 is 11.9 Å². The molecule has 0 aliphatic rings. The molecule has 70 valence electrons. The van der Waals surface area contributed by atoms with Crippen molar-refractivity contribution in [1.82, 2.24) is 0 Å². The molecule has 0 fully saturated rings. The number of benzene rings is 1. The standard InChI is InChI=1S/C8H6O4.Na.H2O/c9-7(10)5-2-1-3-6(4-5)8(11)12;;/h1-4H,(H,9,10)(H,11,12);;1H2/q;+1;/p-1. The van der Waals surface area contributed by atoms with Crippen LogP contribution in [0.3, 0.4) is 0 Å². The fraction of sp³-hybridized carbons (Fsp3) is 0. The molecule has 0 atom stereocenters. The summed E-state index contributed by atoms with van der Waals surface area (Å²) >= 11 is 0. The van der Waals surface area contributed by atoms with Gasteiger partial charge in [-0.2, -0.15) is 0 Å². The molecule has 0 amide bonds. The van der Waals surface area contributed by atoms with Crippen LogP contribution in [0.15, 0.2) is 24.3 Å². The molecule has 0 unspecified atom stereocenters. The van der Waals surface area contributed by atoms with Gasteiger partial charge < -0.3 is 15.7 Å². The van der Waals surface area contributed by atoms with Crippen LogP contribution in [-0.2, 0) is 0 Å². The van der Waals surface area contributed by atoms with Crippen LogP contribution < -0.4 is 29.6 Å². The van der Waals surface area contributed by atoms with E-state index in [0.29, 0.717) is 0 Å². The minimum atomic E-state index is -1.13. The van der Waals surface area contributed by atoms with E-state index >= 15 is 0 Å². The largest absolute Gasteiger partial charge is 1.00 e. The van der Waals surface area contributed by atoms with Gasteiger partial charge in [-0.1, -0.05) is 6.07 Å². The molecule has 0 aliphatic carbocycles.